The third-order valence-corrected chi connectivity index (χ3v) is 6.45. The largest absolute Gasteiger partial charge is 0.504 e. The van der Waals surface area contributed by atoms with E-state index in [0.29, 0.717) is 18.7 Å². The van der Waals surface area contributed by atoms with Gasteiger partial charge in [0.2, 0.25) is 5.91 Å². The number of Topliss-reactive ketones (excluding diaryl/α,β-unsaturated/α-hetero) is 1. The molecule has 1 aliphatic rings. The number of rotatable bonds is 7. The van der Waals surface area contributed by atoms with Gasteiger partial charge in [-0.2, -0.15) is 0 Å². The minimum atomic E-state index is -0.139. The summed E-state index contributed by atoms with van der Waals surface area (Å²) < 4.78 is 6.46. The Bertz CT molecular complexity index is 1050. The highest BCUT2D eigenvalue weighted by atomic mass is 32.1. The summed E-state index contributed by atoms with van der Waals surface area (Å²) in [4.78, 5) is 32.1. The first-order valence-corrected chi connectivity index (χ1v) is 11.0. The Morgan fingerprint density at radius 2 is 2.07 bits per heavy atom. The molecule has 0 saturated carbocycles. The summed E-state index contributed by atoms with van der Waals surface area (Å²) in [7, 11) is 0. The Labute approximate surface area is 179 Å². The van der Waals surface area contributed by atoms with Gasteiger partial charge in [-0.1, -0.05) is 12.1 Å². The van der Waals surface area contributed by atoms with Gasteiger partial charge in [0.25, 0.3) is 0 Å². The Hall–Kier alpha value is -2.93. The van der Waals surface area contributed by atoms with Gasteiger partial charge in [-0.25, -0.2) is 4.98 Å². The number of aromatic nitrogens is 1. The number of phenolic OH excluding ortho intramolecular Hbond substituents is 1. The van der Waals surface area contributed by atoms with Crippen LogP contribution in [0.5, 0.6) is 11.5 Å². The summed E-state index contributed by atoms with van der Waals surface area (Å²) in [6.45, 7) is 2.90. The van der Waals surface area contributed by atoms with Crippen molar-refractivity contribution in [2.24, 2.45) is 0 Å². The molecule has 7 heteroatoms. The lowest BCUT2D eigenvalue weighted by Crippen LogP contribution is -2.30. The number of para-hydroxylation sites is 1. The lowest BCUT2D eigenvalue weighted by Gasteiger charge is -2.23. The van der Waals surface area contributed by atoms with Gasteiger partial charge < -0.3 is 14.7 Å². The van der Waals surface area contributed by atoms with Crippen LogP contribution in [0.1, 0.15) is 54.0 Å². The first kappa shape index (κ1) is 20.3. The van der Waals surface area contributed by atoms with Crippen molar-refractivity contribution < 1.29 is 19.4 Å². The van der Waals surface area contributed by atoms with Crippen LogP contribution in [0.4, 0.5) is 0 Å². The van der Waals surface area contributed by atoms with Gasteiger partial charge in [-0.15, -0.1) is 11.3 Å². The summed E-state index contributed by atoms with van der Waals surface area (Å²) in [6.07, 6.45) is 2.12. The molecule has 0 bridgehead atoms. The zero-order valence-electron chi connectivity index (χ0n) is 16.8. The van der Waals surface area contributed by atoms with Crippen LogP contribution >= 0.6 is 11.3 Å². The van der Waals surface area contributed by atoms with Gasteiger partial charge in [-0.05, 0) is 50.1 Å². The second-order valence-corrected chi connectivity index (χ2v) is 8.37. The number of hydrogen-bond acceptors (Lipinski definition) is 6. The zero-order valence-corrected chi connectivity index (χ0v) is 17.7. The predicted octanol–water partition coefficient (Wildman–Crippen LogP) is 4.73. The van der Waals surface area contributed by atoms with Crippen LogP contribution in [-0.2, 0) is 4.79 Å². The van der Waals surface area contributed by atoms with Crippen LogP contribution in [-0.4, -0.2) is 39.8 Å². The van der Waals surface area contributed by atoms with E-state index in [4.69, 9.17) is 9.72 Å². The van der Waals surface area contributed by atoms with Gasteiger partial charge in [0.1, 0.15) is 5.01 Å². The van der Waals surface area contributed by atoms with E-state index in [-0.39, 0.29) is 42.1 Å². The molecule has 1 N–H and O–H groups in total. The number of aromatic hydroxyl groups is 1. The maximum absolute atomic E-state index is 12.9. The summed E-state index contributed by atoms with van der Waals surface area (Å²) in [5.41, 5.74) is 1.40. The molecule has 0 aliphatic carbocycles. The van der Waals surface area contributed by atoms with Gasteiger partial charge in [0.15, 0.2) is 17.3 Å². The standard InChI is InChI=1S/C23H24N2O4S/c1-2-29-20-14-15(9-10-19(20)27)18(26)11-12-22(28)25-13-5-7-17(25)23-24-16-6-3-4-8-21(16)30-23/h3-4,6,8-10,14,17,27H,2,5,7,11-13H2,1H3. The summed E-state index contributed by atoms with van der Waals surface area (Å²) in [5, 5.41) is 10.8. The fraction of sp³-hybridized carbons (Fsp3) is 0.348. The van der Waals surface area contributed by atoms with Crippen molar-refractivity contribution in [1.29, 1.82) is 0 Å². The molecule has 0 spiro atoms. The van der Waals surface area contributed by atoms with Crippen molar-refractivity contribution in [3.63, 3.8) is 0 Å². The highest BCUT2D eigenvalue weighted by molar-refractivity contribution is 7.18. The van der Waals surface area contributed by atoms with Gasteiger partial charge in [-0.3, -0.25) is 9.59 Å². The normalized spacial score (nSPS) is 16.2. The third kappa shape index (κ3) is 4.16. The molecule has 1 aromatic heterocycles. The number of hydrogen-bond donors (Lipinski definition) is 1. The number of carbonyl (C=O) groups excluding carboxylic acids is 2. The molecule has 1 atom stereocenters. The number of carbonyl (C=O) groups is 2. The van der Waals surface area contributed by atoms with Crippen LogP contribution < -0.4 is 4.74 Å². The number of nitrogens with zero attached hydrogens (tertiary/aromatic N) is 2. The maximum atomic E-state index is 12.9. The predicted molar refractivity (Wildman–Crippen MR) is 116 cm³/mol. The van der Waals surface area contributed by atoms with E-state index in [9.17, 15) is 14.7 Å². The van der Waals surface area contributed by atoms with Crippen molar-refractivity contribution in [3.05, 3.63) is 53.0 Å². The number of amides is 1. The van der Waals surface area contributed by atoms with Gasteiger partial charge in [0, 0.05) is 24.9 Å². The van der Waals surface area contributed by atoms with Crippen LogP contribution in [0, 0.1) is 0 Å². The molecule has 156 valence electrons. The highest BCUT2D eigenvalue weighted by Crippen LogP contribution is 2.37. The quantitative estimate of drug-likeness (QED) is 0.555. The van der Waals surface area contributed by atoms with E-state index in [0.717, 1.165) is 28.1 Å². The van der Waals surface area contributed by atoms with E-state index in [2.05, 4.69) is 0 Å². The number of fused-ring (bicyclic) bond motifs is 1. The topological polar surface area (TPSA) is 79.7 Å². The van der Waals surface area contributed by atoms with Crippen LogP contribution in [0.3, 0.4) is 0 Å². The maximum Gasteiger partial charge on any atom is 0.223 e. The van der Waals surface area contributed by atoms with E-state index in [1.165, 1.54) is 12.1 Å². The minimum absolute atomic E-state index is 0.000203. The molecule has 3 aromatic rings. The SMILES string of the molecule is CCOc1cc(C(=O)CCC(=O)N2CCCC2c2nc3ccccc3s2)ccc1O. The number of thiazole rings is 1. The Kier molecular flexibility index (Phi) is 5.99. The molecule has 1 aliphatic heterocycles. The second kappa shape index (κ2) is 8.83. The molecule has 1 amide bonds. The van der Waals surface area contributed by atoms with Crippen molar-refractivity contribution in [2.75, 3.05) is 13.2 Å². The smallest absolute Gasteiger partial charge is 0.223 e. The molecular formula is C23H24N2O4S. The molecule has 6 nitrogen and oxygen atoms in total. The second-order valence-electron chi connectivity index (χ2n) is 7.30. The van der Waals surface area contributed by atoms with Crippen LogP contribution in [0.15, 0.2) is 42.5 Å². The zero-order chi connectivity index (χ0) is 21.1. The van der Waals surface area contributed by atoms with Crippen LogP contribution in [0.25, 0.3) is 10.2 Å². The lowest BCUT2D eigenvalue weighted by molar-refractivity contribution is -0.132. The minimum Gasteiger partial charge on any atom is -0.504 e. The number of phenols is 1. The van der Waals surface area contributed by atoms with Crippen LogP contribution in [0.2, 0.25) is 0 Å². The number of ether oxygens (including phenoxy) is 1. The van der Waals surface area contributed by atoms with E-state index in [1.54, 1.807) is 17.4 Å². The average molecular weight is 425 g/mol. The van der Waals surface area contributed by atoms with E-state index in [1.807, 2.05) is 36.1 Å². The molecule has 2 heterocycles. The molecule has 1 unspecified atom stereocenters. The lowest BCUT2D eigenvalue weighted by atomic mass is 10.1. The van der Waals surface area contributed by atoms with E-state index >= 15 is 0 Å². The van der Waals surface area contributed by atoms with Gasteiger partial charge in [0.05, 0.1) is 22.9 Å². The van der Waals surface area contributed by atoms with Crippen molar-refractivity contribution in [2.45, 2.75) is 38.6 Å². The van der Waals surface area contributed by atoms with E-state index < -0.39 is 0 Å². The summed E-state index contributed by atoms with van der Waals surface area (Å²) >= 11 is 1.63. The molecule has 4 rings (SSSR count). The number of ketones is 1. The third-order valence-electron chi connectivity index (χ3n) is 5.32. The molecular weight excluding hydrogens is 400 g/mol. The molecule has 30 heavy (non-hydrogen) atoms. The first-order valence-electron chi connectivity index (χ1n) is 10.2. The Morgan fingerprint density at radius 3 is 2.87 bits per heavy atom. The first-order chi connectivity index (χ1) is 14.6. The molecule has 1 fully saturated rings. The van der Waals surface area contributed by atoms with Crippen molar-refractivity contribution in [3.8, 4) is 11.5 Å². The van der Waals surface area contributed by atoms with Crippen molar-refractivity contribution in [1.82, 2.24) is 9.88 Å². The average Bonchev–Trinajstić information content (AvgIpc) is 3.40. The molecule has 2 aromatic carbocycles. The highest BCUT2D eigenvalue weighted by Gasteiger charge is 2.32. The number of likely N-dealkylation sites (tertiary alicyclic amines) is 1. The summed E-state index contributed by atoms with van der Waals surface area (Å²) in [5.74, 6) is 0.124. The van der Waals surface area contributed by atoms with Crippen molar-refractivity contribution >= 4 is 33.2 Å². The Balaban J connectivity index is 1.42. The fourth-order valence-corrected chi connectivity index (χ4v) is 4.94. The number of benzene rings is 2. The monoisotopic (exact) mass is 424 g/mol. The molecule has 0 radical (unpaired) electrons. The molecule has 1 saturated heterocycles. The Morgan fingerprint density at radius 1 is 1.23 bits per heavy atom. The van der Waals surface area contributed by atoms with Gasteiger partial charge >= 0.3 is 0 Å². The fourth-order valence-electron chi connectivity index (χ4n) is 3.82. The summed E-state index contributed by atoms with van der Waals surface area (Å²) in [6, 6.07) is 12.5.